The van der Waals surface area contributed by atoms with Crippen LogP contribution in [-0.4, -0.2) is 59.6 Å². The monoisotopic (exact) mass is 248 g/mol. The number of halogens is 2. The highest BCUT2D eigenvalue weighted by Crippen LogP contribution is 2.28. The Bertz CT molecular complexity index is 291. The van der Waals surface area contributed by atoms with Crippen LogP contribution in [0.15, 0.2) is 0 Å². The van der Waals surface area contributed by atoms with E-state index < -0.39 is 12.0 Å². The molecular formula is C11H18F2N2O2. The zero-order valence-electron chi connectivity index (χ0n) is 9.74. The molecule has 17 heavy (non-hydrogen) atoms. The van der Waals surface area contributed by atoms with Crippen LogP contribution in [0.4, 0.5) is 13.6 Å². The lowest BCUT2D eigenvalue weighted by atomic mass is 9.96. The lowest BCUT2D eigenvalue weighted by Crippen LogP contribution is -2.41. The van der Waals surface area contributed by atoms with Crippen LogP contribution in [-0.2, 0) is 0 Å². The number of carboxylic acid groups (broad SMARTS) is 1. The summed E-state index contributed by atoms with van der Waals surface area (Å²) in [7, 11) is 0. The van der Waals surface area contributed by atoms with Gasteiger partial charge in [0.2, 0.25) is 0 Å². The predicted octanol–water partition coefficient (Wildman–Crippen LogP) is 1.72. The van der Waals surface area contributed by atoms with Gasteiger partial charge in [-0.1, -0.05) is 0 Å². The number of alkyl halides is 2. The topological polar surface area (TPSA) is 43.8 Å². The molecule has 2 heterocycles. The second-order valence-electron chi connectivity index (χ2n) is 5.05. The third-order valence-corrected chi connectivity index (χ3v) is 3.65. The van der Waals surface area contributed by atoms with E-state index in [9.17, 15) is 13.6 Å². The molecule has 0 bridgehead atoms. The van der Waals surface area contributed by atoms with Gasteiger partial charge in [0.1, 0.15) is 0 Å². The molecule has 0 unspecified atom stereocenters. The van der Waals surface area contributed by atoms with E-state index in [0.29, 0.717) is 32.1 Å². The quantitative estimate of drug-likeness (QED) is 0.809. The summed E-state index contributed by atoms with van der Waals surface area (Å²) in [5.74, 6) is -2.17. The minimum Gasteiger partial charge on any atom is -0.465 e. The number of likely N-dealkylation sites (tertiary alicyclic amines) is 2. The van der Waals surface area contributed by atoms with E-state index in [1.165, 1.54) is 4.90 Å². The van der Waals surface area contributed by atoms with Gasteiger partial charge < -0.3 is 10.0 Å². The summed E-state index contributed by atoms with van der Waals surface area (Å²) in [6.45, 7) is 2.08. The van der Waals surface area contributed by atoms with Crippen molar-refractivity contribution < 1.29 is 18.7 Å². The highest BCUT2D eigenvalue weighted by Gasteiger charge is 2.38. The van der Waals surface area contributed by atoms with Crippen molar-refractivity contribution in [1.82, 2.24) is 9.80 Å². The van der Waals surface area contributed by atoms with Crippen molar-refractivity contribution in [3.63, 3.8) is 0 Å². The van der Waals surface area contributed by atoms with Crippen molar-refractivity contribution in [2.24, 2.45) is 5.92 Å². The zero-order chi connectivity index (χ0) is 12.5. The lowest BCUT2D eigenvalue weighted by molar-refractivity contribution is 0.00986. The van der Waals surface area contributed by atoms with Crippen LogP contribution < -0.4 is 0 Å². The van der Waals surface area contributed by atoms with Gasteiger partial charge in [-0.3, -0.25) is 4.90 Å². The average molecular weight is 248 g/mol. The number of hydrogen-bond acceptors (Lipinski definition) is 2. The summed E-state index contributed by atoms with van der Waals surface area (Å²) in [4.78, 5) is 13.9. The molecule has 1 amide bonds. The smallest absolute Gasteiger partial charge is 0.407 e. The van der Waals surface area contributed by atoms with Crippen molar-refractivity contribution in [3.8, 4) is 0 Å². The fourth-order valence-electron chi connectivity index (χ4n) is 2.63. The Morgan fingerprint density at radius 3 is 2.41 bits per heavy atom. The molecule has 4 nitrogen and oxygen atoms in total. The third kappa shape index (κ3) is 3.28. The van der Waals surface area contributed by atoms with Crippen molar-refractivity contribution in [3.05, 3.63) is 0 Å². The van der Waals surface area contributed by atoms with E-state index in [1.807, 2.05) is 0 Å². The predicted molar refractivity (Wildman–Crippen MR) is 58.3 cm³/mol. The van der Waals surface area contributed by atoms with Crippen molar-refractivity contribution in [2.45, 2.75) is 25.2 Å². The number of rotatable bonds is 2. The van der Waals surface area contributed by atoms with E-state index in [2.05, 4.69) is 0 Å². The summed E-state index contributed by atoms with van der Waals surface area (Å²) in [6.07, 6.45) is 0.653. The number of piperidine rings is 1. The van der Waals surface area contributed by atoms with Gasteiger partial charge in [0.05, 0.1) is 6.54 Å². The van der Waals surface area contributed by atoms with E-state index in [0.717, 1.165) is 12.8 Å². The van der Waals surface area contributed by atoms with Gasteiger partial charge in [0, 0.05) is 32.6 Å². The number of carbonyl (C=O) groups is 1. The largest absolute Gasteiger partial charge is 0.465 e. The molecule has 0 radical (unpaired) electrons. The summed E-state index contributed by atoms with van der Waals surface area (Å²) < 4.78 is 26.0. The minimum atomic E-state index is -2.53. The maximum atomic E-state index is 13.0. The number of amides is 1. The van der Waals surface area contributed by atoms with Gasteiger partial charge in [-0.15, -0.1) is 0 Å². The first-order valence-corrected chi connectivity index (χ1v) is 6.04. The molecule has 2 aliphatic rings. The Kier molecular flexibility index (Phi) is 3.51. The normalized spacial score (nSPS) is 26.4. The highest BCUT2D eigenvalue weighted by molar-refractivity contribution is 5.64. The van der Waals surface area contributed by atoms with E-state index in [1.54, 1.807) is 4.90 Å². The summed E-state index contributed by atoms with van der Waals surface area (Å²) in [5.41, 5.74) is 0. The van der Waals surface area contributed by atoms with E-state index in [4.69, 9.17) is 5.11 Å². The van der Waals surface area contributed by atoms with Crippen LogP contribution in [0.1, 0.15) is 19.3 Å². The molecule has 0 aliphatic carbocycles. The molecule has 0 aromatic rings. The van der Waals surface area contributed by atoms with Crippen molar-refractivity contribution in [2.75, 3.05) is 32.7 Å². The Hall–Kier alpha value is -0.910. The van der Waals surface area contributed by atoms with Crippen LogP contribution >= 0.6 is 0 Å². The van der Waals surface area contributed by atoms with Crippen molar-refractivity contribution in [1.29, 1.82) is 0 Å². The second kappa shape index (κ2) is 4.76. The maximum absolute atomic E-state index is 13.0. The third-order valence-electron chi connectivity index (χ3n) is 3.65. The van der Waals surface area contributed by atoms with Gasteiger partial charge in [-0.2, -0.15) is 0 Å². The first-order chi connectivity index (χ1) is 7.96. The average Bonchev–Trinajstić information content (AvgIpc) is 2.59. The summed E-state index contributed by atoms with van der Waals surface area (Å²) in [6, 6.07) is 0. The van der Waals surface area contributed by atoms with Crippen LogP contribution in [0.2, 0.25) is 0 Å². The summed E-state index contributed by atoms with van der Waals surface area (Å²) in [5, 5.41) is 8.79. The van der Waals surface area contributed by atoms with Gasteiger partial charge >= 0.3 is 6.09 Å². The molecule has 2 fully saturated rings. The SMILES string of the molecule is O=C(O)N1CCC(CN2CCC(F)(F)C2)CC1. The van der Waals surface area contributed by atoms with Gasteiger partial charge in [0.15, 0.2) is 0 Å². The van der Waals surface area contributed by atoms with Crippen LogP contribution in [0.3, 0.4) is 0 Å². The van der Waals surface area contributed by atoms with E-state index >= 15 is 0 Å². The molecular weight excluding hydrogens is 230 g/mol. The molecule has 2 rings (SSSR count). The molecule has 2 saturated heterocycles. The number of nitrogens with zero attached hydrogens (tertiary/aromatic N) is 2. The van der Waals surface area contributed by atoms with Crippen LogP contribution in [0.25, 0.3) is 0 Å². The molecule has 0 atom stereocenters. The zero-order valence-corrected chi connectivity index (χ0v) is 9.74. The fraction of sp³-hybridized carbons (Fsp3) is 0.909. The molecule has 0 spiro atoms. The van der Waals surface area contributed by atoms with Gasteiger partial charge in [0.25, 0.3) is 5.92 Å². The fourth-order valence-corrected chi connectivity index (χ4v) is 2.63. The molecule has 98 valence electrons. The maximum Gasteiger partial charge on any atom is 0.407 e. The minimum absolute atomic E-state index is 0.0407. The first-order valence-electron chi connectivity index (χ1n) is 6.04. The summed E-state index contributed by atoms with van der Waals surface area (Å²) >= 11 is 0. The van der Waals surface area contributed by atoms with Crippen LogP contribution in [0.5, 0.6) is 0 Å². The lowest BCUT2D eigenvalue weighted by Gasteiger charge is -2.32. The molecule has 6 heteroatoms. The Balaban J connectivity index is 1.74. The number of hydrogen-bond donors (Lipinski definition) is 1. The first kappa shape index (κ1) is 12.5. The highest BCUT2D eigenvalue weighted by atomic mass is 19.3. The molecule has 2 aliphatic heterocycles. The Morgan fingerprint density at radius 2 is 1.94 bits per heavy atom. The van der Waals surface area contributed by atoms with Gasteiger partial charge in [-0.05, 0) is 18.8 Å². The Morgan fingerprint density at radius 1 is 1.29 bits per heavy atom. The van der Waals surface area contributed by atoms with Crippen LogP contribution in [0, 0.1) is 5.92 Å². The molecule has 1 N–H and O–H groups in total. The van der Waals surface area contributed by atoms with Gasteiger partial charge in [-0.25, -0.2) is 13.6 Å². The molecule has 0 aromatic heterocycles. The second-order valence-corrected chi connectivity index (χ2v) is 5.05. The molecule has 0 saturated carbocycles. The Labute approximate surface area is 99.2 Å². The molecule has 0 aromatic carbocycles. The van der Waals surface area contributed by atoms with E-state index in [-0.39, 0.29) is 13.0 Å². The standard InChI is InChI=1S/C11H18F2N2O2/c12-11(13)3-6-14(8-11)7-9-1-4-15(5-2-9)10(16)17/h9H,1-8H2,(H,16,17). The van der Waals surface area contributed by atoms with Crippen molar-refractivity contribution >= 4 is 6.09 Å².